The number of benzene rings is 3. The molecular weight excluding hydrogens is 286 g/mol. The molecule has 106 valence electrons. The van der Waals surface area contributed by atoms with E-state index in [9.17, 15) is 13.5 Å². The van der Waals surface area contributed by atoms with Gasteiger partial charge in [-0.15, -0.1) is 0 Å². The third kappa shape index (κ3) is 2.11. The Balaban J connectivity index is 2.39. The summed E-state index contributed by atoms with van der Waals surface area (Å²) in [6.45, 7) is 0. The first-order chi connectivity index (χ1) is 10.0. The minimum absolute atomic E-state index is 0.0519. The molecule has 21 heavy (non-hydrogen) atoms. The molecule has 0 spiro atoms. The van der Waals surface area contributed by atoms with Crippen molar-refractivity contribution < 1.29 is 13.5 Å². The average Bonchev–Trinajstić information content (AvgIpc) is 2.51. The monoisotopic (exact) mass is 299 g/mol. The number of rotatable bonds is 2. The van der Waals surface area contributed by atoms with Crippen LogP contribution in [0.1, 0.15) is 0 Å². The SMILES string of the molecule is Nc1c(O)cc(S(=O)(=O)c2ccccc2)c2ccccc12. The highest BCUT2D eigenvalue weighted by Gasteiger charge is 2.22. The second-order valence-electron chi connectivity index (χ2n) is 4.67. The fourth-order valence-electron chi connectivity index (χ4n) is 2.30. The maximum atomic E-state index is 12.8. The van der Waals surface area contributed by atoms with Gasteiger partial charge in [0.1, 0.15) is 5.75 Å². The number of aromatic hydroxyl groups is 1. The van der Waals surface area contributed by atoms with Crippen LogP contribution in [0.5, 0.6) is 5.75 Å². The predicted octanol–water partition coefficient (Wildman–Crippen LogP) is 2.96. The second-order valence-corrected chi connectivity index (χ2v) is 6.59. The van der Waals surface area contributed by atoms with Crippen LogP contribution in [-0.2, 0) is 9.84 Å². The van der Waals surface area contributed by atoms with Gasteiger partial charge >= 0.3 is 0 Å². The third-order valence-electron chi connectivity index (χ3n) is 3.37. The van der Waals surface area contributed by atoms with E-state index in [1.165, 1.54) is 18.2 Å². The molecule has 0 amide bonds. The van der Waals surface area contributed by atoms with Gasteiger partial charge in [0, 0.05) is 16.8 Å². The lowest BCUT2D eigenvalue weighted by Gasteiger charge is -2.11. The zero-order chi connectivity index (χ0) is 15.0. The molecule has 0 radical (unpaired) electrons. The Labute approximate surface area is 122 Å². The Morgan fingerprint density at radius 2 is 1.43 bits per heavy atom. The molecule has 0 saturated heterocycles. The van der Waals surface area contributed by atoms with Crippen molar-refractivity contribution in [3.05, 3.63) is 60.7 Å². The van der Waals surface area contributed by atoms with Crippen molar-refractivity contribution in [2.75, 3.05) is 5.73 Å². The molecule has 0 atom stereocenters. The first-order valence-electron chi connectivity index (χ1n) is 6.32. The molecule has 4 nitrogen and oxygen atoms in total. The van der Waals surface area contributed by atoms with Crippen LogP contribution in [0.3, 0.4) is 0 Å². The Hall–Kier alpha value is -2.53. The van der Waals surface area contributed by atoms with Crippen molar-refractivity contribution in [3.63, 3.8) is 0 Å². The van der Waals surface area contributed by atoms with Gasteiger partial charge in [0.25, 0.3) is 0 Å². The van der Waals surface area contributed by atoms with Crippen LogP contribution in [0.4, 0.5) is 5.69 Å². The zero-order valence-corrected chi connectivity index (χ0v) is 11.8. The van der Waals surface area contributed by atoms with Gasteiger partial charge in [-0.1, -0.05) is 42.5 Å². The Kier molecular flexibility index (Phi) is 3.07. The van der Waals surface area contributed by atoms with E-state index in [2.05, 4.69) is 0 Å². The maximum Gasteiger partial charge on any atom is 0.207 e. The number of fused-ring (bicyclic) bond motifs is 1. The fourth-order valence-corrected chi connectivity index (χ4v) is 3.80. The van der Waals surface area contributed by atoms with Crippen LogP contribution in [0, 0.1) is 0 Å². The minimum Gasteiger partial charge on any atom is -0.506 e. The lowest BCUT2D eigenvalue weighted by Crippen LogP contribution is -2.03. The predicted molar refractivity (Wildman–Crippen MR) is 81.9 cm³/mol. The number of sulfone groups is 1. The standard InChI is InChI=1S/C16H13NO3S/c17-16-13-9-5-4-8-12(13)15(10-14(16)18)21(19,20)11-6-2-1-3-7-11/h1-10,18H,17H2. The largest absolute Gasteiger partial charge is 0.506 e. The Morgan fingerprint density at radius 1 is 0.857 bits per heavy atom. The highest BCUT2D eigenvalue weighted by molar-refractivity contribution is 7.91. The third-order valence-corrected chi connectivity index (χ3v) is 5.18. The molecule has 0 heterocycles. The lowest BCUT2D eigenvalue weighted by molar-refractivity contribution is 0.477. The number of hydrogen-bond donors (Lipinski definition) is 2. The van der Waals surface area contributed by atoms with Crippen LogP contribution >= 0.6 is 0 Å². The van der Waals surface area contributed by atoms with Gasteiger partial charge in [-0.05, 0) is 12.1 Å². The fraction of sp³-hybridized carbons (Fsp3) is 0. The zero-order valence-electron chi connectivity index (χ0n) is 11.0. The minimum atomic E-state index is -3.72. The van der Waals surface area contributed by atoms with E-state index in [0.29, 0.717) is 10.8 Å². The highest BCUT2D eigenvalue weighted by Crippen LogP contribution is 2.37. The van der Waals surface area contributed by atoms with Crippen LogP contribution in [0.15, 0.2) is 70.5 Å². The summed E-state index contributed by atoms with van der Waals surface area (Å²) in [5.41, 5.74) is 6.00. The molecule has 3 aromatic rings. The summed E-state index contributed by atoms with van der Waals surface area (Å²) in [7, 11) is -3.72. The smallest absolute Gasteiger partial charge is 0.207 e. The molecule has 0 bridgehead atoms. The van der Waals surface area contributed by atoms with Gasteiger partial charge in [-0.3, -0.25) is 0 Å². The van der Waals surface area contributed by atoms with Crippen LogP contribution in [0.2, 0.25) is 0 Å². The Morgan fingerprint density at radius 3 is 2.10 bits per heavy atom. The van der Waals surface area contributed by atoms with E-state index < -0.39 is 9.84 Å². The number of anilines is 1. The van der Waals surface area contributed by atoms with E-state index in [-0.39, 0.29) is 21.2 Å². The van der Waals surface area contributed by atoms with E-state index >= 15 is 0 Å². The summed E-state index contributed by atoms with van der Waals surface area (Å²) in [4.78, 5) is 0.232. The molecule has 0 unspecified atom stereocenters. The van der Waals surface area contributed by atoms with E-state index in [4.69, 9.17) is 5.73 Å². The molecule has 0 fully saturated rings. The number of nitrogen functional groups attached to an aromatic ring is 1. The normalized spacial score (nSPS) is 11.6. The van der Waals surface area contributed by atoms with Crippen molar-refractivity contribution in [2.24, 2.45) is 0 Å². The maximum absolute atomic E-state index is 12.8. The molecule has 3 N–H and O–H groups in total. The van der Waals surface area contributed by atoms with Crippen molar-refractivity contribution in [1.82, 2.24) is 0 Å². The topological polar surface area (TPSA) is 80.4 Å². The first-order valence-corrected chi connectivity index (χ1v) is 7.80. The number of phenols is 1. The summed E-state index contributed by atoms with van der Waals surface area (Å²) in [6.07, 6.45) is 0. The molecular formula is C16H13NO3S. The second kappa shape index (κ2) is 4.79. The van der Waals surface area contributed by atoms with Crippen molar-refractivity contribution >= 4 is 26.3 Å². The van der Waals surface area contributed by atoms with E-state index in [0.717, 1.165) is 0 Å². The molecule has 0 aliphatic heterocycles. The van der Waals surface area contributed by atoms with Gasteiger partial charge in [0.05, 0.1) is 15.5 Å². The molecule has 0 aliphatic carbocycles. The summed E-state index contributed by atoms with van der Waals surface area (Å²) >= 11 is 0. The molecule has 0 saturated carbocycles. The number of nitrogens with two attached hydrogens (primary N) is 1. The van der Waals surface area contributed by atoms with Crippen molar-refractivity contribution in [3.8, 4) is 5.75 Å². The highest BCUT2D eigenvalue weighted by atomic mass is 32.2. The van der Waals surface area contributed by atoms with Gasteiger partial charge in [0.15, 0.2) is 0 Å². The van der Waals surface area contributed by atoms with Crippen LogP contribution < -0.4 is 5.73 Å². The van der Waals surface area contributed by atoms with Crippen LogP contribution in [0.25, 0.3) is 10.8 Å². The summed E-state index contributed by atoms with van der Waals surface area (Å²) in [5.74, 6) is -0.233. The quantitative estimate of drug-likeness (QED) is 0.563. The molecule has 0 aromatic heterocycles. The summed E-state index contributed by atoms with van der Waals surface area (Å²) in [5, 5.41) is 10.9. The van der Waals surface area contributed by atoms with Crippen molar-refractivity contribution in [1.29, 1.82) is 0 Å². The average molecular weight is 299 g/mol. The Bertz CT molecular complexity index is 919. The van der Waals surface area contributed by atoms with Gasteiger partial charge in [0.2, 0.25) is 9.84 Å². The molecule has 3 aromatic carbocycles. The van der Waals surface area contributed by atoms with Crippen LogP contribution in [-0.4, -0.2) is 13.5 Å². The summed E-state index contributed by atoms with van der Waals surface area (Å²) in [6, 6.07) is 16.2. The van der Waals surface area contributed by atoms with Crippen molar-refractivity contribution in [2.45, 2.75) is 9.79 Å². The van der Waals surface area contributed by atoms with E-state index in [1.807, 2.05) is 0 Å². The summed E-state index contributed by atoms with van der Waals surface area (Å²) < 4.78 is 25.5. The van der Waals surface area contributed by atoms with Gasteiger partial charge in [-0.25, -0.2) is 8.42 Å². The lowest BCUT2D eigenvalue weighted by atomic mass is 10.1. The molecule has 0 aliphatic rings. The number of hydrogen-bond acceptors (Lipinski definition) is 4. The number of phenolic OH excluding ortho intramolecular Hbond substituents is 1. The first kappa shape index (κ1) is 13.5. The molecule has 5 heteroatoms. The molecule has 3 rings (SSSR count). The van der Waals surface area contributed by atoms with Gasteiger partial charge in [-0.2, -0.15) is 0 Å². The van der Waals surface area contributed by atoms with Gasteiger partial charge < -0.3 is 10.8 Å². The van der Waals surface area contributed by atoms with E-state index in [1.54, 1.807) is 42.5 Å².